The minimum atomic E-state index is -0.599. The van der Waals surface area contributed by atoms with E-state index in [1.54, 1.807) is 11.7 Å². The molecule has 10 heteroatoms. The number of methoxy groups -OCH3 is 1. The molecule has 41 heavy (non-hydrogen) atoms. The highest BCUT2D eigenvalue weighted by Gasteiger charge is 2.28. The van der Waals surface area contributed by atoms with E-state index in [1.165, 1.54) is 0 Å². The summed E-state index contributed by atoms with van der Waals surface area (Å²) in [7, 11) is 1.68. The fourth-order valence-electron chi connectivity index (χ4n) is 5.26. The van der Waals surface area contributed by atoms with Crippen molar-refractivity contribution in [3.63, 3.8) is 0 Å². The summed E-state index contributed by atoms with van der Waals surface area (Å²) in [4.78, 5) is 32.9. The number of H-pyrrole nitrogens is 1. The Balaban J connectivity index is 1.56. The van der Waals surface area contributed by atoms with Crippen LogP contribution in [0.4, 0.5) is 0 Å². The fraction of sp³-hybridized carbons (Fsp3) is 0.387. The molecule has 0 radical (unpaired) electrons. The van der Waals surface area contributed by atoms with Crippen molar-refractivity contribution in [2.75, 3.05) is 7.11 Å². The first-order chi connectivity index (χ1) is 19.6. The molecule has 0 saturated heterocycles. The average Bonchev–Trinajstić information content (AvgIpc) is 3.55. The summed E-state index contributed by atoms with van der Waals surface area (Å²) in [6, 6.07) is 15.8. The Morgan fingerprint density at radius 1 is 1.05 bits per heavy atom. The Kier molecular flexibility index (Phi) is 7.77. The maximum absolute atomic E-state index is 14.1. The predicted molar refractivity (Wildman–Crippen MR) is 157 cm³/mol. The van der Waals surface area contributed by atoms with Crippen molar-refractivity contribution < 1.29 is 9.26 Å². The van der Waals surface area contributed by atoms with Gasteiger partial charge in [-0.2, -0.15) is 10.1 Å². The van der Waals surface area contributed by atoms with Crippen molar-refractivity contribution in [3.8, 4) is 22.5 Å². The average molecular weight is 557 g/mol. The summed E-state index contributed by atoms with van der Waals surface area (Å²) in [6.45, 7) is 10.6. The first-order valence-corrected chi connectivity index (χ1v) is 13.9. The highest BCUT2D eigenvalue weighted by molar-refractivity contribution is 5.80. The molecule has 2 aromatic carbocycles. The third kappa shape index (κ3) is 5.65. The van der Waals surface area contributed by atoms with Gasteiger partial charge in [-0.3, -0.25) is 18.9 Å². The monoisotopic (exact) mass is 556 g/mol. The zero-order valence-electron chi connectivity index (χ0n) is 24.4. The number of nitrogens with zero attached hydrogens (tertiary/aromatic N) is 5. The number of fused-ring (bicyclic) bond motifs is 1. The lowest BCUT2D eigenvalue weighted by molar-refractivity contribution is 0.00436. The van der Waals surface area contributed by atoms with E-state index >= 15 is 0 Å². The van der Waals surface area contributed by atoms with E-state index in [4.69, 9.17) is 14.4 Å². The SMILES string of the molecule is CCCc1c(Cc2ccc(-c3ccccc3-c3noc(=O)[nH]3)cc2)c(=O)n(CC(OC)C(C)(C)C)c2nc(C)nn12. The van der Waals surface area contributed by atoms with Gasteiger partial charge in [-0.1, -0.05) is 87.8 Å². The smallest absolute Gasteiger partial charge is 0.379 e. The van der Waals surface area contributed by atoms with Crippen LogP contribution >= 0.6 is 0 Å². The van der Waals surface area contributed by atoms with Gasteiger partial charge in [0, 0.05) is 24.7 Å². The van der Waals surface area contributed by atoms with Crippen molar-refractivity contribution in [2.24, 2.45) is 5.41 Å². The highest BCUT2D eigenvalue weighted by Crippen LogP contribution is 2.30. The number of aromatic nitrogens is 6. The maximum atomic E-state index is 14.1. The standard InChI is InChI=1S/C31H36N6O4/c1-7-10-25-24(28(38)36(18-26(40-6)31(3,4)5)29-32-19(2)34-37(25)29)17-20-13-15-21(16-14-20)22-11-8-9-12-23(22)27-33-30(39)41-35-27/h8-9,11-16,26H,7,10,17-18H2,1-6H3,(H,33,35,39). The van der Waals surface area contributed by atoms with Crippen LogP contribution < -0.4 is 11.3 Å². The van der Waals surface area contributed by atoms with Gasteiger partial charge < -0.3 is 4.74 Å². The molecule has 0 spiro atoms. The van der Waals surface area contributed by atoms with Crippen LogP contribution in [-0.4, -0.2) is 42.5 Å². The van der Waals surface area contributed by atoms with Crippen molar-refractivity contribution in [2.45, 2.75) is 66.5 Å². The molecule has 0 aliphatic heterocycles. The van der Waals surface area contributed by atoms with Gasteiger partial charge in [-0.15, -0.1) is 0 Å². The quantitative estimate of drug-likeness (QED) is 0.276. The van der Waals surface area contributed by atoms with E-state index in [2.05, 4.69) is 42.8 Å². The molecule has 0 amide bonds. The summed E-state index contributed by atoms with van der Waals surface area (Å²) in [5.41, 5.74) is 4.98. The van der Waals surface area contributed by atoms with Crippen LogP contribution in [-0.2, 0) is 24.1 Å². The Morgan fingerprint density at radius 2 is 1.76 bits per heavy atom. The van der Waals surface area contributed by atoms with E-state index in [1.807, 2.05) is 60.0 Å². The molecule has 0 fully saturated rings. The fourth-order valence-corrected chi connectivity index (χ4v) is 5.26. The van der Waals surface area contributed by atoms with Gasteiger partial charge in [0.05, 0.1) is 18.3 Å². The predicted octanol–water partition coefficient (Wildman–Crippen LogP) is 4.81. The number of aromatic amines is 1. The van der Waals surface area contributed by atoms with Gasteiger partial charge in [0.25, 0.3) is 5.56 Å². The number of nitrogens with one attached hydrogen (secondary N) is 1. The molecular formula is C31H36N6O4. The molecule has 0 saturated carbocycles. The molecule has 0 aliphatic rings. The lowest BCUT2D eigenvalue weighted by Crippen LogP contribution is -2.38. The first kappa shape index (κ1) is 28.2. The topological polar surface area (TPSA) is 120 Å². The second-order valence-electron chi connectivity index (χ2n) is 11.4. The number of rotatable bonds is 9. The molecule has 10 nitrogen and oxygen atoms in total. The van der Waals surface area contributed by atoms with Crippen LogP contribution in [0.3, 0.4) is 0 Å². The number of hydrogen-bond donors (Lipinski definition) is 1. The van der Waals surface area contributed by atoms with Crippen molar-refractivity contribution >= 4 is 5.78 Å². The Bertz CT molecular complexity index is 1790. The minimum Gasteiger partial charge on any atom is -0.379 e. The molecule has 214 valence electrons. The van der Waals surface area contributed by atoms with E-state index in [0.717, 1.165) is 34.4 Å². The minimum absolute atomic E-state index is 0.0657. The normalized spacial score (nSPS) is 12.7. The first-order valence-electron chi connectivity index (χ1n) is 13.9. The summed E-state index contributed by atoms with van der Waals surface area (Å²) in [5.74, 6) is 0.941. The molecule has 5 aromatic rings. The number of aryl methyl sites for hydroxylation is 2. The van der Waals surface area contributed by atoms with Gasteiger partial charge in [0.15, 0.2) is 5.82 Å². The third-order valence-electron chi connectivity index (χ3n) is 7.40. The lowest BCUT2D eigenvalue weighted by atomic mass is 9.89. The van der Waals surface area contributed by atoms with Crippen LogP contribution in [0.25, 0.3) is 28.3 Å². The molecule has 1 N–H and O–H groups in total. The van der Waals surface area contributed by atoms with E-state index in [0.29, 0.717) is 42.4 Å². The number of hydrogen-bond acceptors (Lipinski definition) is 7. The van der Waals surface area contributed by atoms with Gasteiger partial charge in [0.1, 0.15) is 5.82 Å². The number of benzene rings is 2. The molecule has 3 aromatic heterocycles. The number of ether oxygens (including phenoxy) is 1. The van der Waals surface area contributed by atoms with Gasteiger partial charge >= 0.3 is 5.76 Å². The molecule has 0 aliphatic carbocycles. The van der Waals surface area contributed by atoms with Gasteiger partial charge in [0.2, 0.25) is 5.78 Å². The van der Waals surface area contributed by atoms with Crippen LogP contribution in [0.1, 0.15) is 56.8 Å². The molecule has 1 unspecified atom stereocenters. The summed E-state index contributed by atoms with van der Waals surface area (Å²) < 4.78 is 14.1. The Labute approximate surface area is 238 Å². The molecule has 3 heterocycles. The van der Waals surface area contributed by atoms with E-state index in [9.17, 15) is 9.59 Å². The van der Waals surface area contributed by atoms with Crippen molar-refractivity contribution in [1.29, 1.82) is 0 Å². The van der Waals surface area contributed by atoms with Crippen molar-refractivity contribution in [3.05, 3.63) is 92.1 Å². The molecule has 0 bridgehead atoms. The van der Waals surface area contributed by atoms with Crippen LogP contribution in [0.2, 0.25) is 0 Å². The Morgan fingerprint density at radius 3 is 2.37 bits per heavy atom. The molecule has 1 atom stereocenters. The highest BCUT2D eigenvalue weighted by atomic mass is 16.5. The van der Waals surface area contributed by atoms with E-state index in [-0.39, 0.29) is 17.1 Å². The molecular weight excluding hydrogens is 520 g/mol. The van der Waals surface area contributed by atoms with Crippen LogP contribution in [0, 0.1) is 12.3 Å². The zero-order valence-corrected chi connectivity index (χ0v) is 24.4. The summed E-state index contributed by atoms with van der Waals surface area (Å²) in [6.07, 6.45) is 1.84. The summed E-state index contributed by atoms with van der Waals surface area (Å²) in [5, 5.41) is 8.55. The Hall–Kier alpha value is -4.31. The van der Waals surface area contributed by atoms with Crippen LogP contribution in [0.15, 0.2) is 62.6 Å². The molecule has 5 rings (SSSR count). The maximum Gasteiger partial charge on any atom is 0.439 e. The van der Waals surface area contributed by atoms with Crippen molar-refractivity contribution in [1.82, 2.24) is 29.3 Å². The zero-order chi connectivity index (χ0) is 29.3. The van der Waals surface area contributed by atoms with Gasteiger partial charge in [-0.25, -0.2) is 9.31 Å². The van der Waals surface area contributed by atoms with Gasteiger partial charge in [-0.05, 0) is 35.4 Å². The largest absolute Gasteiger partial charge is 0.439 e. The van der Waals surface area contributed by atoms with Crippen LogP contribution in [0.5, 0.6) is 0 Å². The summed E-state index contributed by atoms with van der Waals surface area (Å²) >= 11 is 0. The second-order valence-corrected chi connectivity index (χ2v) is 11.4. The van der Waals surface area contributed by atoms with E-state index < -0.39 is 5.76 Å². The third-order valence-corrected chi connectivity index (χ3v) is 7.40. The lowest BCUT2D eigenvalue weighted by Gasteiger charge is -2.30. The second kappa shape index (κ2) is 11.3.